The number of aliphatic carboxylic acids is 1. The maximum atomic E-state index is 10.4. The molecule has 0 radical (unpaired) electrons. The van der Waals surface area contributed by atoms with Crippen molar-refractivity contribution < 1.29 is 19.4 Å². The van der Waals surface area contributed by atoms with Crippen molar-refractivity contribution in [3.63, 3.8) is 0 Å². The minimum Gasteiger partial charge on any atom is -0.508 e. The lowest BCUT2D eigenvalue weighted by Gasteiger charge is -2.00. The van der Waals surface area contributed by atoms with Gasteiger partial charge in [0.1, 0.15) is 12.0 Å². The quantitative estimate of drug-likeness (QED) is 0.697. The third-order valence-electron chi connectivity index (χ3n) is 2.00. The molecular weight excluding hydrogens is 224 g/mol. The van der Waals surface area contributed by atoms with Gasteiger partial charge in [0.15, 0.2) is 0 Å². The van der Waals surface area contributed by atoms with Crippen molar-refractivity contribution in [2.24, 2.45) is 0 Å². The molecule has 2 rings (SSSR count). The molecule has 0 saturated heterocycles. The van der Waals surface area contributed by atoms with E-state index in [-0.39, 0.29) is 18.2 Å². The number of carboxylic acids is 1. The topological polar surface area (TPSA) is 95.6 Å². The molecule has 6 nitrogen and oxygen atoms in total. The fraction of sp³-hybridized carbons (Fsp3) is 0.0909. The molecule has 0 unspecified atom stereocenters. The van der Waals surface area contributed by atoms with Crippen LogP contribution in [0.1, 0.15) is 5.69 Å². The molecule has 0 aliphatic carbocycles. The number of rotatable bonds is 4. The summed E-state index contributed by atoms with van der Waals surface area (Å²) in [4.78, 5) is 14.4. The molecule has 0 aliphatic rings. The Kier molecular flexibility index (Phi) is 2.95. The van der Waals surface area contributed by atoms with Crippen molar-refractivity contribution in [2.45, 2.75) is 6.42 Å². The zero-order chi connectivity index (χ0) is 12.3. The fourth-order valence-electron chi connectivity index (χ4n) is 1.27. The Hall–Kier alpha value is -2.50. The van der Waals surface area contributed by atoms with Gasteiger partial charge in [0.2, 0.25) is 0 Å². The number of hydrogen-bond acceptors (Lipinski definition) is 5. The number of anilines is 2. The maximum Gasteiger partial charge on any atom is 0.309 e. The number of aromatic hydroxyl groups is 1. The summed E-state index contributed by atoms with van der Waals surface area (Å²) < 4.78 is 5.05. The highest BCUT2D eigenvalue weighted by molar-refractivity contribution is 5.69. The van der Waals surface area contributed by atoms with E-state index in [1.54, 1.807) is 12.1 Å². The number of carbonyl (C=O) groups is 1. The SMILES string of the molecule is O=C(O)Cc1coc(Nc2ccc(O)cc2)n1. The molecule has 1 aromatic heterocycles. The van der Waals surface area contributed by atoms with E-state index in [0.717, 1.165) is 0 Å². The molecule has 0 spiro atoms. The highest BCUT2D eigenvalue weighted by atomic mass is 16.4. The van der Waals surface area contributed by atoms with E-state index in [4.69, 9.17) is 14.6 Å². The second-order valence-corrected chi connectivity index (χ2v) is 3.39. The van der Waals surface area contributed by atoms with E-state index < -0.39 is 5.97 Å². The van der Waals surface area contributed by atoms with Gasteiger partial charge in [0.25, 0.3) is 6.01 Å². The van der Waals surface area contributed by atoms with Crippen LogP contribution in [0.25, 0.3) is 0 Å². The Balaban J connectivity index is 2.06. The molecule has 0 atom stereocenters. The first-order valence-electron chi connectivity index (χ1n) is 4.86. The fourth-order valence-corrected chi connectivity index (χ4v) is 1.27. The Morgan fingerprint density at radius 3 is 2.71 bits per heavy atom. The number of phenols is 1. The highest BCUT2D eigenvalue weighted by Gasteiger charge is 2.07. The van der Waals surface area contributed by atoms with E-state index in [1.165, 1.54) is 18.4 Å². The lowest BCUT2D eigenvalue weighted by molar-refractivity contribution is -0.136. The maximum absolute atomic E-state index is 10.4. The van der Waals surface area contributed by atoms with Crippen LogP contribution in [0.5, 0.6) is 5.75 Å². The zero-order valence-electron chi connectivity index (χ0n) is 8.75. The molecule has 0 saturated carbocycles. The van der Waals surface area contributed by atoms with Crippen LogP contribution in [-0.4, -0.2) is 21.2 Å². The van der Waals surface area contributed by atoms with E-state index in [9.17, 15) is 4.79 Å². The number of hydrogen-bond donors (Lipinski definition) is 3. The first kappa shape index (κ1) is 11.0. The van der Waals surface area contributed by atoms with Gasteiger partial charge in [0.05, 0.1) is 12.1 Å². The van der Waals surface area contributed by atoms with Crippen LogP contribution in [0.2, 0.25) is 0 Å². The first-order valence-corrected chi connectivity index (χ1v) is 4.86. The van der Waals surface area contributed by atoms with Crippen LogP contribution in [0.15, 0.2) is 34.9 Å². The van der Waals surface area contributed by atoms with E-state index in [0.29, 0.717) is 11.4 Å². The summed E-state index contributed by atoms with van der Waals surface area (Å²) in [6, 6.07) is 6.55. The molecule has 0 aliphatic heterocycles. The van der Waals surface area contributed by atoms with Crippen molar-refractivity contribution >= 4 is 17.7 Å². The first-order chi connectivity index (χ1) is 8.13. The average Bonchev–Trinajstić information content (AvgIpc) is 2.68. The molecule has 17 heavy (non-hydrogen) atoms. The number of oxazole rings is 1. The average molecular weight is 234 g/mol. The van der Waals surface area contributed by atoms with Gasteiger partial charge >= 0.3 is 5.97 Å². The molecule has 6 heteroatoms. The normalized spacial score (nSPS) is 10.1. The van der Waals surface area contributed by atoms with Crippen molar-refractivity contribution in [3.8, 4) is 5.75 Å². The van der Waals surface area contributed by atoms with Gasteiger partial charge < -0.3 is 19.9 Å². The van der Waals surface area contributed by atoms with Crippen molar-refractivity contribution in [1.82, 2.24) is 4.98 Å². The van der Waals surface area contributed by atoms with Crippen molar-refractivity contribution in [1.29, 1.82) is 0 Å². The number of nitrogens with one attached hydrogen (secondary N) is 1. The van der Waals surface area contributed by atoms with Crippen LogP contribution < -0.4 is 5.32 Å². The molecule has 0 bridgehead atoms. The predicted molar refractivity (Wildman–Crippen MR) is 59.2 cm³/mol. The van der Waals surface area contributed by atoms with Crippen molar-refractivity contribution in [3.05, 3.63) is 36.2 Å². The highest BCUT2D eigenvalue weighted by Crippen LogP contribution is 2.18. The molecular formula is C11H10N2O4. The molecule has 1 aromatic carbocycles. The number of aromatic nitrogens is 1. The lowest BCUT2D eigenvalue weighted by Crippen LogP contribution is -2.00. The summed E-state index contributed by atoms with van der Waals surface area (Å²) in [5.74, 6) is -0.802. The van der Waals surface area contributed by atoms with Crippen LogP contribution in [-0.2, 0) is 11.2 Å². The lowest BCUT2D eigenvalue weighted by atomic mass is 10.3. The van der Waals surface area contributed by atoms with Gasteiger partial charge in [-0.05, 0) is 24.3 Å². The molecule has 0 amide bonds. The third-order valence-corrected chi connectivity index (χ3v) is 2.00. The number of nitrogens with zero attached hydrogens (tertiary/aromatic N) is 1. The Morgan fingerprint density at radius 2 is 2.06 bits per heavy atom. The number of carboxylic acid groups (broad SMARTS) is 1. The monoisotopic (exact) mass is 234 g/mol. The summed E-state index contributed by atoms with van der Waals surface area (Å²) in [5.41, 5.74) is 1.03. The van der Waals surface area contributed by atoms with Crippen LogP contribution in [0, 0.1) is 0 Å². The van der Waals surface area contributed by atoms with E-state index in [1.807, 2.05) is 0 Å². The van der Waals surface area contributed by atoms with Gasteiger partial charge in [-0.2, -0.15) is 4.98 Å². The number of benzene rings is 1. The van der Waals surface area contributed by atoms with Gasteiger partial charge in [-0.15, -0.1) is 0 Å². The van der Waals surface area contributed by atoms with Crippen LogP contribution in [0.4, 0.5) is 11.7 Å². The van der Waals surface area contributed by atoms with E-state index >= 15 is 0 Å². The van der Waals surface area contributed by atoms with Crippen molar-refractivity contribution in [2.75, 3.05) is 5.32 Å². The second kappa shape index (κ2) is 4.56. The molecule has 3 N–H and O–H groups in total. The van der Waals surface area contributed by atoms with E-state index in [2.05, 4.69) is 10.3 Å². The minimum atomic E-state index is -0.963. The van der Waals surface area contributed by atoms with Gasteiger partial charge in [-0.1, -0.05) is 0 Å². The van der Waals surface area contributed by atoms with Gasteiger partial charge in [-0.25, -0.2) is 0 Å². The molecule has 2 aromatic rings. The van der Waals surface area contributed by atoms with Gasteiger partial charge in [-0.3, -0.25) is 4.79 Å². The number of phenolic OH excluding ortho intramolecular Hbond substituents is 1. The Bertz CT molecular complexity index is 519. The predicted octanol–water partition coefficient (Wildman–Crippen LogP) is 1.75. The smallest absolute Gasteiger partial charge is 0.309 e. The minimum absolute atomic E-state index is 0.162. The summed E-state index contributed by atoms with van der Waals surface area (Å²) in [7, 11) is 0. The third kappa shape index (κ3) is 2.97. The summed E-state index contributed by atoms with van der Waals surface area (Å²) in [6.45, 7) is 0. The zero-order valence-corrected chi connectivity index (χ0v) is 8.75. The summed E-state index contributed by atoms with van der Waals surface area (Å²) in [6.07, 6.45) is 1.11. The summed E-state index contributed by atoms with van der Waals surface area (Å²) >= 11 is 0. The second-order valence-electron chi connectivity index (χ2n) is 3.39. The Morgan fingerprint density at radius 1 is 1.35 bits per heavy atom. The molecule has 1 heterocycles. The van der Waals surface area contributed by atoms with Crippen LogP contribution in [0.3, 0.4) is 0 Å². The van der Waals surface area contributed by atoms with Gasteiger partial charge in [0, 0.05) is 5.69 Å². The summed E-state index contributed by atoms with van der Waals surface area (Å²) in [5, 5.41) is 20.5. The standard InChI is InChI=1S/C11H10N2O4/c14-9-3-1-7(2-4-9)12-11-13-8(6-17-11)5-10(15)16/h1-4,6,14H,5H2,(H,12,13)(H,15,16). The molecule has 0 fully saturated rings. The largest absolute Gasteiger partial charge is 0.508 e. The van der Waals surface area contributed by atoms with Crippen LogP contribution >= 0.6 is 0 Å². The molecule has 88 valence electrons. The Labute approximate surface area is 96.5 Å².